The summed E-state index contributed by atoms with van der Waals surface area (Å²) in [6.45, 7) is 4.71. The van der Waals surface area contributed by atoms with E-state index in [4.69, 9.17) is 16.0 Å². The van der Waals surface area contributed by atoms with Crippen molar-refractivity contribution in [3.05, 3.63) is 56.7 Å². The third kappa shape index (κ3) is 3.25. The Bertz CT molecular complexity index is 600. The maximum Gasteiger partial charge on any atom is 0.148 e. The van der Waals surface area contributed by atoms with Crippen LogP contribution >= 0.6 is 27.5 Å². The lowest BCUT2D eigenvalue weighted by Gasteiger charge is -2.19. The van der Waals surface area contributed by atoms with Crippen LogP contribution in [0.5, 0.6) is 0 Å². The maximum atomic E-state index is 14.4. The number of rotatable bonds is 5. The second kappa shape index (κ2) is 6.74. The Morgan fingerprint density at radius 1 is 1.45 bits per heavy atom. The van der Waals surface area contributed by atoms with E-state index in [1.807, 2.05) is 13.0 Å². The summed E-state index contributed by atoms with van der Waals surface area (Å²) in [4.78, 5) is 0. The summed E-state index contributed by atoms with van der Waals surface area (Å²) >= 11 is 9.21. The Labute approximate surface area is 131 Å². The lowest BCUT2D eigenvalue weighted by molar-refractivity contribution is 0.516. The zero-order valence-corrected chi connectivity index (χ0v) is 13.7. The molecule has 0 amide bonds. The highest BCUT2D eigenvalue weighted by Gasteiger charge is 2.21. The molecule has 1 N–H and O–H groups in total. The van der Waals surface area contributed by atoms with Gasteiger partial charge in [-0.2, -0.15) is 0 Å². The maximum absolute atomic E-state index is 14.4. The zero-order chi connectivity index (χ0) is 14.7. The van der Waals surface area contributed by atoms with Crippen molar-refractivity contribution >= 4 is 27.5 Å². The largest absolute Gasteiger partial charge is 0.469 e. The van der Waals surface area contributed by atoms with Crippen molar-refractivity contribution in [1.29, 1.82) is 0 Å². The molecular formula is C15H16BrClFNO. The minimum absolute atomic E-state index is 0.103. The highest BCUT2D eigenvalue weighted by atomic mass is 79.9. The summed E-state index contributed by atoms with van der Waals surface area (Å²) in [6, 6.07) is 5.14. The molecule has 0 saturated carbocycles. The van der Waals surface area contributed by atoms with E-state index >= 15 is 0 Å². The molecule has 0 radical (unpaired) electrons. The van der Waals surface area contributed by atoms with Gasteiger partial charge in [0.05, 0.1) is 17.3 Å². The molecule has 1 atom stereocenters. The molecule has 0 aliphatic heterocycles. The first-order chi connectivity index (χ1) is 9.54. The van der Waals surface area contributed by atoms with Gasteiger partial charge in [0.15, 0.2) is 0 Å². The molecule has 2 nitrogen and oxygen atoms in total. The topological polar surface area (TPSA) is 25.2 Å². The van der Waals surface area contributed by atoms with E-state index in [2.05, 4.69) is 28.2 Å². The molecule has 1 aromatic carbocycles. The van der Waals surface area contributed by atoms with E-state index in [1.54, 1.807) is 18.4 Å². The van der Waals surface area contributed by atoms with Crippen LogP contribution in [0.2, 0.25) is 5.02 Å². The van der Waals surface area contributed by atoms with Gasteiger partial charge in [0.2, 0.25) is 0 Å². The molecule has 2 aromatic rings. The van der Waals surface area contributed by atoms with Crippen molar-refractivity contribution in [2.75, 3.05) is 6.54 Å². The van der Waals surface area contributed by atoms with Crippen LogP contribution in [0.3, 0.4) is 0 Å². The van der Waals surface area contributed by atoms with Gasteiger partial charge in [-0.05, 0) is 48.0 Å². The van der Waals surface area contributed by atoms with E-state index in [1.165, 1.54) is 0 Å². The molecule has 2 rings (SSSR count). The quantitative estimate of drug-likeness (QED) is 0.738. The smallest absolute Gasteiger partial charge is 0.148 e. The summed E-state index contributed by atoms with van der Waals surface area (Å²) in [7, 11) is 0. The molecule has 0 fully saturated rings. The normalized spacial score (nSPS) is 12.7. The first kappa shape index (κ1) is 15.5. The number of hydrogen-bond acceptors (Lipinski definition) is 2. The predicted octanol–water partition coefficient (Wildman–Crippen LogP) is 5.23. The first-order valence-corrected chi connectivity index (χ1v) is 7.63. The van der Waals surface area contributed by atoms with Crippen molar-refractivity contribution < 1.29 is 8.81 Å². The standard InChI is InChI=1S/C15H16BrClFNO/c1-3-6-19-15(10-7-9(2)20-8-10)11-4-5-12(16)13(17)14(11)18/h4-5,7-8,15,19H,3,6H2,1-2H3. The van der Waals surface area contributed by atoms with Gasteiger partial charge < -0.3 is 9.73 Å². The number of furan rings is 1. The highest BCUT2D eigenvalue weighted by molar-refractivity contribution is 9.10. The van der Waals surface area contributed by atoms with E-state index in [9.17, 15) is 4.39 Å². The molecule has 1 heterocycles. The lowest BCUT2D eigenvalue weighted by atomic mass is 10.00. The summed E-state index contributed by atoms with van der Waals surface area (Å²) in [5.41, 5.74) is 1.42. The summed E-state index contributed by atoms with van der Waals surface area (Å²) in [5.74, 6) is 0.389. The summed E-state index contributed by atoms with van der Waals surface area (Å²) < 4.78 is 20.3. The number of halogens is 3. The van der Waals surface area contributed by atoms with Crippen molar-refractivity contribution in [3.63, 3.8) is 0 Å². The van der Waals surface area contributed by atoms with Gasteiger partial charge in [-0.25, -0.2) is 4.39 Å². The van der Waals surface area contributed by atoms with Gasteiger partial charge in [-0.1, -0.05) is 24.6 Å². The van der Waals surface area contributed by atoms with E-state index in [-0.39, 0.29) is 11.1 Å². The van der Waals surface area contributed by atoms with Crippen molar-refractivity contribution in [1.82, 2.24) is 5.32 Å². The second-order valence-electron chi connectivity index (χ2n) is 4.64. The molecular weight excluding hydrogens is 345 g/mol. The monoisotopic (exact) mass is 359 g/mol. The fourth-order valence-electron chi connectivity index (χ4n) is 2.07. The molecule has 1 aromatic heterocycles. The minimum atomic E-state index is -0.409. The predicted molar refractivity (Wildman–Crippen MR) is 82.7 cm³/mol. The van der Waals surface area contributed by atoms with Gasteiger partial charge in [-0.15, -0.1) is 0 Å². The third-order valence-corrected chi connectivity index (χ3v) is 4.32. The molecule has 20 heavy (non-hydrogen) atoms. The molecule has 1 unspecified atom stereocenters. The lowest BCUT2D eigenvalue weighted by Crippen LogP contribution is -2.23. The number of aryl methyl sites for hydroxylation is 1. The number of hydrogen-bond donors (Lipinski definition) is 1. The SMILES string of the molecule is CCCNC(c1coc(C)c1)c1ccc(Br)c(Cl)c1F. The van der Waals surface area contributed by atoms with Crippen LogP contribution in [0.4, 0.5) is 4.39 Å². The number of nitrogens with one attached hydrogen (secondary N) is 1. The third-order valence-electron chi connectivity index (χ3n) is 3.06. The van der Waals surface area contributed by atoms with Crippen LogP contribution in [0.25, 0.3) is 0 Å². The fourth-order valence-corrected chi connectivity index (χ4v) is 2.55. The summed E-state index contributed by atoms with van der Waals surface area (Å²) in [5, 5.41) is 3.43. The van der Waals surface area contributed by atoms with Gasteiger partial charge in [0.1, 0.15) is 11.6 Å². The molecule has 0 spiro atoms. The van der Waals surface area contributed by atoms with Crippen LogP contribution in [0.15, 0.2) is 33.4 Å². The van der Waals surface area contributed by atoms with Crippen LogP contribution in [0.1, 0.15) is 36.3 Å². The van der Waals surface area contributed by atoms with Crippen LogP contribution in [-0.2, 0) is 0 Å². The van der Waals surface area contributed by atoms with Gasteiger partial charge in [0.25, 0.3) is 0 Å². The molecule has 0 aliphatic carbocycles. The van der Waals surface area contributed by atoms with E-state index in [0.717, 1.165) is 24.3 Å². The average Bonchev–Trinajstić information content (AvgIpc) is 2.85. The van der Waals surface area contributed by atoms with Crippen LogP contribution < -0.4 is 5.32 Å². The van der Waals surface area contributed by atoms with Crippen LogP contribution in [0, 0.1) is 12.7 Å². The second-order valence-corrected chi connectivity index (χ2v) is 5.87. The summed E-state index contributed by atoms with van der Waals surface area (Å²) in [6.07, 6.45) is 2.61. The Kier molecular flexibility index (Phi) is 5.24. The minimum Gasteiger partial charge on any atom is -0.469 e. The van der Waals surface area contributed by atoms with Gasteiger partial charge in [0, 0.05) is 15.6 Å². The van der Waals surface area contributed by atoms with Crippen molar-refractivity contribution in [2.24, 2.45) is 0 Å². The fraction of sp³-hybridized carbons (Fsp3) is 0.333. The molecule has 0 saturated heterocycles. The van der Waals surface area contributed by atoms with E-state index < -0.39 is 5.82 Å². The van der Waals surface area contributed by atoms with Gasteiger partial charge in [-0.3, -0.25) is 0 Å². The first-order valence-electron chi connectivity index (χ1n) is 6.46. The Morgan fingerprint density at radius 3 is 2.80 bits per heavy atom. The van der Waals surface area contributed by atoms with Crippen LogP contribution in [-0.4, -0.2) is 6.54 Å². The molecule has 0 aliphatic rings. The molecule has 0 bridgehead atoms. The van der Waals surface area contributed by atoms with Crippen molar-refractivity contribution in [2.45, 2.75) is 26.3 Å². The number of benzene rings is 1. The van der Waals surface area contributed by atoms with E-state index in [0.29, 0.717) is 10.0 Å². The molecule has 108 valence electrons. The molecule has 5 heteroatoms. The van der Waals surface area contributed by atoms with Gasteiger partial charge >= 0.3 is 0 Å². The Morgan fingerprint density at radius 2 is 2.20 bits per heavy atom. The zero-order valence-electron chi connectivity index (χ0n) is 11.3. The highest BCUT2D eigenvalue weighted by Crippen LogP contribution is 2.33. The average molecular weight is 361 g/mol. The Hall–Kier alpha value is -0.840. The Balaban J connectivity index is 2.43. The van der Waals surface area contributed by atoms with Crippen molar-refractivity contribution in [3.8, 4) is 0 Å².